The van der Waals surface area contributed by atoms with Gasteiger partial charge in [0.25, 0.3) is 0 Å². The van der Waals surface area contributed by atoms with Gasteiger partial charge in [0.2, 0.25) is 0 Å². The number of aromatic nitrogens is 2. The number of halogens is 2. The zero-order valence-corrected chi connectivity index (χ0v) is 13.9. The first-order chi connectivity index (χ1) is 9.65. The van der Waals surface area contributed by atoms with Crippen LogP contribution in [-0.4, -0.2) is 16.1 Å². The van der Waals surface area contributed by atoms with Crippen molar-refractivity contribution in [2.24, 2.45) is 0 Å². The molecule has 1 fully saturated rings. The summed E-state index contributed by atoms with van der Waals surface area (Å²) in [7, 11) is 0. The van der Waals surface area contributed by atoms with Gasteiger partial charge in [0, 0.05) is 5.56 Å². The molecule has 0 radical (unpaired) electrons. The fourth-order valence-corrected chi connectivity index (χ4v) is 3.09. The minimum Gasteiger partial charge on any atom is -0.367 e. The van der Waals surface area contributed by atoms with Gasteiger partial charge in [-0.05, 0) is 42.4 Å². The van der Waals surface area contributed by atoms with Gasteiger partial charge in [-0.3, -0.25) is 0 Å². The first-order valence-corrected chi connectivity index (χ1v) is 8.04. The third-order valence-corrected chi connectivity index (χ3v) is 5.01. The Morgan fingerprint density at radius 2 is 1.95 bits per heavy atom. The molecule has 1 aromatic heterocycles. The van der Waals surface area contributed by atoms with Crippen LogP contribution in [0.4, 0.5) is 0 Å². The largest absolute Gasteiger partial charge is 0.367 e. The van der Waals surface area contributed by atoms with Crippen LogP contribution in [0.2, 0.25) is 5.15 Å². The Morgan fingerprint density at radius 1 is 1.20 bits per heavy atom. The predicted octanol–water partition coefficient (Wildman–Crippen LogP) is 4.64. The van der Waals surface area contributed by atoms with Crippen molar-refractivity contribution in [3.05, 3.63) is 44.9 Å². The lowest BCUT2D eigenvalue weighted by molar-refractivity contribution is 0.0503. The maximum atomic E-state index is 6.27. The Bertz CT molecular complexity index is 621. The Kier molecular flexibility index (Phi) is 4.23. The SMILES string of the molecule is CC1CCC(c2nc(Cl)c(I)c(-c3ccccc3)n2)O1. The third kappa shape index (κ3) is 2.82. The zero-order valence-electron chi connectivity index (χ0n) is 11.0. The Hall–Kier alpha value is -0.720. The van der Waals surface area contributed by atoms with Crippen molar-refractivity contribution in [2.75, 3.05) is 0 Å². The molecule has 0 saturated carbocycles. The molecule has 0 bridgehead atoms. The smallest absolute Gasteiger partial charge is 0.159 e. The van der Waals surface area contributed by atoms with E-state index >= 15 is 0 Å². The van der Waals surface area contributed by atoms with Crippen LogP contribution >= 0.6 is 34.2 Å². The van der Waals surface area contributed by atoms with E-state index in [0.29, 0.717) is 11.0 Å². The highest BCUT2D eigenvalue weighted by atomic mass is 127. The molecule has 20 heavy (non-hydrogen) atoms. The summed E-state index contributed by atoms with van der Waals surface area (Å²) in [5, 5.41) is 0.498. The molecule has 2 heterocycles. The number of hydrogen-bond acceptors (Lipinski definition) is 3. The van der Waals surface area contributed by atoms with Crippen molar-refractivity contribution in [1.29, 1.82) is 0 Å². The molecule has 3 nitrogen and oxygen atoms in total. The summed E-state index contributed by atoms with van der Waals surface area (Å²) in [5.74, 6) is 0.693. The van der Waals surface area contributed by atoms with Gasteiger partial charge in [-0.2, -0.15) is 0 Å². The van der Waals surface area contributed by atoms with Crippen molar-refractivity contribution in [3.8, 4) is 11.3 Å². The molecule has 1 aliphatic heterocycles. The molecule has 104 valence electrons. The lowest BCUT2D eigenvalue weighted by Crippen LogP contribution is -2.08. The first-order valence-electron chi connectivity index (χ1n) is 6.59. The Labute approximate surface area is 136 Å². The molecule has 0 spiro atoms. The second-order valence-corrected chi connectivity index (χ2v) is 6.35. The Balaban J connectivity index is 2.04. The molecule has 1 aliphatic rings. The Morgan fingerprint density at radius 3 is 2.60 bits per heavy atom. The summed E-state index contributed by atoms with van der Waals surface area (Å²) in [4.78, 5) is 9.09. The van der Waals surface area contributed by atoms with Gasteiger partial charge in [0.05, 0.1) is 15.4 Å². The highest BCUT2D eigenvalue weighted by Gasteiger charge is 2.27. The second-order valence-electron chi connectivity index (χ2n) is 4.91. The van der Waals surface area contributed by atoms with E-state index < -0.39 is 0 Å². The van der Waals surface area contributed by atoms with Gasteiger partial charge in [0.1, 0.15) is 11.3 Å². The summed E-state index contributed by atoms with van der Waals surface area (Å²) in [6, 6.07) is 10.0. The van der Waals surface area contributed by atoms with Gasteiger partial charge >= 0.3 is 0 Å². The minimum absolute atomic E-state index is 0.0398. The van der Waals surface area contributed by atoms with Crippen molar-refractivity contribution in [2.45, 2.75) is 32.0 Å². The van der Waals surface area contributed by atoms with E-state index in [1.54, 1.807) is 0 Å². The predicted molar refractivity (Wildman–Crippen MR) is 87.7 cm³/mol. The summed E-state index contributed by atoms with van der Waals surface area (Å²) >= 11 is 8.46. The fraction of sp³-hybridized carbons (Fsp3) is 0.333. The normalized spacial score (nSPS) is 22.1. The second kappa shape index (κ2) is 5.95. The fourth-order valence-electron chi connectivity index (χ4n) is 2.36. The van der Waals surface area contributed by atoms with Crippen LogP contribution in [0, 0.1) is 3.57 Å². The van der Waals surface area contributed by atoms with Gasteiger partial charge in [-0.15, -0.1) is 0 Å². The van der Waals surface area contributed by atoms with Crippen LogP contribution < -0.4 is 0 Å². The lowest BCUT2D eigenvalue weighted by Gasteiger charge is -2.13. The van der Waals surface area contributed by atoms with Crippen molar-refractivity contribution < 1.29 is 4.74 Å². The molecule has 0 amide bonds. The average molecular weight is 401 g/mol. The third-order valence-electron chi connectivity index (χ3n) is 3.40. The van der Waals surface area contributed by atoms with E-state index in [0.717, 1.165) is 27.7 Å². The number of hydrogen-bond donors (Lipinski definition) is 0. The van der Waals surface area contributed by atoms with Gasteiger partial charge in [-0.25, -0.2) is 9.97 Å². The van der Waals surface area contributed by atoms with E-state index in [2.05, 4.69) is 34.5 Å². The van der Waals surface area contributed by atoms with E-state index in [9.17, 15) is 0 Å². The van der Waals surface area contributed by atoms with Gasteiger partial charge in [0.15, 0.2) is 5.82 Å². The van der Waals surface area contributed by atoms with Crippen molar-refractivity contribution in [3.63, 3.8) is 0 Å². The maximum Gasteiger partial charge on any atom is 0.159 e. The quantitative estimate of drug-likeness (QED) is 0.544. The molecule has 5 heteroatoms. The molecule has 2 aromatic rings. The van der Waals surface area contributed by atoms with Crippen LogP contribution in [-0.2, 0) is 4.74 Å². The monoisotopic (exact) mass is 400 g/mol. The highest BCUT2D eigenvalue weighted by Crippen LogP contribution is 2.34. The summed E-state index contributed by atoms with van der Waals surface area (Å²) in [6.07, 6.45) is 2.22. The van der Waals surface area contributed by atoms with Crippen molar-refractivity contribution >= 4 is 34.2 Å². The summed E-state index contributed by atoms with van der Waals surface area (Å²) in [6.45, 7) is 2.08. The van der Waals surface area contributed by atoms with E-state index in [4.69, 9.17) is 21.3 Å². The molecule has 1 saturated heterocycles. The molecule has 2 atom stereocenters. The molecule has 3 rings (SSSR count). The lowest BCUT2D eigenvalue weighted by atomic mass is 10.1. The molecule has 2 unspecified atom stereocenters. The van der Waals surface area contributed by atoms with Crippen LogP contribution in [0.1, 0.15) is 31.7 Å². The van der Waals surface area contributed by atoms with Crippen LogP contribution in [0.5, 0.6) is 0 Å². The molecule has 1 aromatic carbocycles. The van der Waals surface area contributed by atoms with E-state index in [-0.39, 0.29) is 12.2 Å². The standard InChI is InChI=1S/C15H14ClIN2O/c1-9-7-8-11(20-9)15-18-13(12(17)14(16)19-15)10-5-3-2-4-6-10/h2-6,9,11H,7-8H2,1H3. The maximum absolute atomic E-state index is 6.27. The minimum atomic E-state index is -0.0398. The number of benzene rings is 1. The molecule has 0 aliphatic carbocycles. The van der Waals surface area contributed by atoms with E-state index in [1.807, 2.05) is 30.3 Å². The highest BCUT2D eigenvalue weighted by molar-refractivity contribution is 14.1. The van der Waals surface area contributed by atoms with Gasteiger partial charge < -0.3 is 4.74 Å². The molecule has 0 N–H and O–H groups in total. The molecular weight excluding hydrogens is 387 g/mol. The summed E-state index contributed by atoms with van der Waals surface area (Å²) < 4.78 is 6.73. The molecular formula is C15H14ClIN2O. The van der Waals surface area contributed by atoms with Crippen LogP contribution in [0.3, 0.4) is 0 Å². The van der Waals surface area contributed by atoms with Crippen LogP contribution in [0.15, 0.2) is 30.3 Å². The topological polar surface area (TPSA) is 35.0 Å². The van der Waals surface area contributed by atoms with Gasteiger partial charge in [-0.1, -0.05) is 41.9 Å². The average Bonchev–Trinajstić information content (AvgIpc) is 2.89. The van der Waals surface area contributed by atoms with E-state index in [1.165, 1.54) is 0 Å². The van der Waals surface area contributed by atoms with Crippen LogP contribution in [0.25, 0.3) is 11.3 Å². The van der Waals surface area contributed by atoms with Crippen molar-refractivity contribution in [1.82, 2.24) is 9.97 Å². The first kappa shape index (κ1) is 14.2. The zero-order chi connectivity index (χ0) is 14.1. The number of ether oxygens (including phenoxy) is 1. The summed E-state index contributed by atoms with van der Waals surface area (Å²) in [5.41, 5.74) is 1.93. The number of nitrogens with zero attached hydrogens (tertiary/aromatic N) is 2. The number of rotatable bonds is 2.